The highest BCUT2D eigenvalue weighted by Crippen LogP contribution is 2.61. The number of ether oxygens (including phenoxy) is 1. The molecule has 158 valence electrons. The molecule has 1 amide bonds. The largest absolute Gasteiger partial charge is 0.421 e. The van der Waals surface area contributed by atoms with Crippen LogP contribution in [0.4, 0.5) is 10.1 Å². The smallest absolute Gasteiger partial charge is 0.322 e. The van der Waals surface area contributed by atoms with Gasteiger partial charge in [0.2, 0.25) is 5.91 Å². The number of rotatable bonds is 5. The number of hydrogen-bond acceptors (Lipinski definition) is 4. The van der Waals surface area contributed by atoms with Crippen molar-refractivity contribution in [2.45, 2.75) is 58.8 Å². The Morgan fingerprint density at radius 3 is 2.20 bits per heavy atom. The highest BCUT2D eigenvalue weighted by molar-refractivity contribution is 5.92. The van der Waals surface area contributed by atoms with Crippen molar-refractivity contribution in [3.63, 3.8) is 0 Å². The monoisotopic (exact) mass is 409 g/mol. The molecular formula is C24H28FN3O2. The van der Waals surface area contributed by atoms with Gasteiger partial charge in [-0.25, -0.2) is 4.39 Å². The average molecular weight is 410 g/mol. The van der Waals surface area contributed by atoms with Crippen molar-refractivity contribution in [1.82, 2.24) is 9.97 Å². The lowest BCUT2D eigenvalue weighted by molar-refractivity contribution is -0.124. The molecular weight excluding hydrogens is 381 g/mol. The minimum absolute atomic E-state index is 0.0505. The van der Waals surface area contributed by atoms with Gasteiger partial charge in [-0.15, -0.1) is 0 Å². The first kappa shape index (κ1) is 19.5. The van der Waals surface area contributed by atoms with Gasteiger partial charge in [0, 0.05) is 6.42 Å². The van der Waals surface area contributed by atoms with Gasteiger partial charge in [-0.2, -0.15) is 9.97 Å². The first-order valence-corrected chi connectivity index (χ1v) is 11.0. The highest BCUT2D eigenvalue weighted by atomic mass is 19.1. The van der Waals surface area contributed by atoms with Crippen molar-refractivity contribution in [2.75, 3.05) is 5.32 Å². The topological polar surface area (TPSA) is 64.1 Å². The maximum Gasteiger partial charge on any atom is 0.322 e. The molecule has 30 heavy (non-hydrogen) atoms. The van der Waals surface area contributed by atoms with Crippen LogP contribution >= 0.6 is 0 Å². The number of benzene rings is 1. The molecule has 1 aromatic heterocycles. The van der Waals surface area contributed by atoms with E-state index in [1.165, 1.54) is 50.7 Å². The Balaban J connectivity index is 1.29. The molecule has 0 spiro atoms. The molecule has 4 fully saturated rings. The minimum atomic E-state index is -0.468. The van der Waals surface area contributed by atoms with Crippen molar-refractivity contribution in [1.29, 1.82) is 0 Å². The summed E-state index contributed by atoms with van der Waals surface area (Å²) in [5.74, 6) is 2.13. The molecule has 6 heteroatoms. The Hall–Kier alpha value is -2.50. The summed E-state index contributed by atoms with van der Waals surface area (Å²) >= 11 is 0. The van der Waals surface area contributed by atoms with Gasteiger partial charge < -0.3 is 10.1 Å². The summed E-state index contributed by atoms with van der Waals surface area (Å²) in [4.78, 5) is 21.6. The summed E-state index contributed by atoms with van der Waals surface area (Å²) in [6, 6.07) is 6.23. The number of nitrogens with zero attached hydrogens (tertiary/aromatic N) is 2. The van der Waals surface area contributed by atoms with E-state index in [1.807, 2.05) is 13.8 Å². The number of aryl methyl sites for hydroxylation is 2. The van der Waals surface area contributed by atoms with E-state index in [2.05, 4.69) is 15.3 Å². The number of carbonyl (C=O) groups excluding carboxylic acids is 1. The average Bonchev–Trinajstić information content (AvgIpc) is 2.65. The lowest BCUT2D eigenvalue weighted by atomic mass is 9.49. The number of halogens is 1. The number of amides is 1. The fourth-order valence-electron chi connectivity index (χ4n) is 6.57. The second-order valence-corrected chi connectivity index (χ2v) is 9.73. The summed E-state index contributed by atoms with van der Waals surface area (Å²) in [6.45, 7) is 3.62. The Labute approximate surface area is 176 Å². The van der Waals surface area contributed by atoms with Gasteiger partial charge in [0.05, 0.1) is 17.1 Å². The second-order valence-electron chi connectivity index (χ2n) is 9.73. The Morgan fingerprint density at radius 1 is 1.07 bits per heavy atom. The van der Waals surface area contributed by atoms with E-state index in [9.17, 15) is 9.18 Å². The third-order valence-corrected chi connectivity index (χ3v) is 7.25. The number of carbonyl (C=O) groups is 1. The fraction of sp³-hybridized carbons (Fsp3) is 0.542. The van der Waals surface area contributed by atoms with Crippen LogP contribution in [0.3, 0.4) is 0 Å². The van der Waals surface area contributed by atoms with Gasteiger partial charge in [0.1, 0.15) is 0 Å². The van der Waals surface area contributed by atoms with Crippen LogP contribution in [0.25, 0.3) is 0 Å². The molecule has 1 aromatic carbocycles. The van der Waals surface area contributed by atoms with Crippen molar-refractivity contribution < 1.29 is 13.9 Å². The quantitative estimate of drug-likeness (QED) is 0.701. The van der Waals surface area contributed by atoms with E-state index in [4.69, 9.17) is 4.74 Å². The summed E-state index contributed by atoms with van der Waals surface area (Å²) in [5.41, 5.74) is 2.06. The standard InChI is InChI=1S/C24H28FN3O2/c1-14-22(15(2)27-23(26-14)30-20-6-4-3-5-19(20)25)28-21(29)13-24-10-16-7-17(11-24)9-18(8-16)12-24/h3-6,16-18H,7-13H2,1-2H3,(H,28,29). The molecule has 0 atom stereocenters. The van der Waals surface area contributed by atoms with E-state index >= 15 is 0 Å². The van der Waals surface area contributed by atoms with Crippen molar-refractivity contribution in [3.05, 3.63) is 41.5 Å². The van der Waals surface area contributed by atoms with E-state index in [0.717, 1.165) is 17.8 Å². The molecule has 0 aliphatic heterocycles. The molecule has 0 radical (unpaired) electrons. The first-order valence-electron chi connectivity index (χ1n) is 11.0. The van der Waals surface area contributed by atoms with Crippen LogP contribution in [0.2, 0.25) is 0 Å². The molecule has 2 aromatic rings. The van der Waals surface area contributed by atoms with Crippen LogP contribution in [0.5, 0.6) is 11.8 Å². The molecule has 5 nitrogen and oxygen atoms in total. The van der Waals surface area contributed by atoms with Crippen LogP contribution in [0, 0.1) is 42.8 Å². The third-order valence-electron chi connectivity index (χ3n) is 7.25. The van der Waals surface area contributed by atoms with Crippen LogP contribution in [-0.2, 0) is 4.79 Å². The third kappa shape index (κ3) is 3.68. The zero-order valence-corrected chi connectivity index (χ0v) is 17.6. The molecule has 4 bridgehead atoms. The number of hydrogen-bond donors (Lipinski definition) is 1. The zero-order chi connectivity index (χ0) is 20.9. The molecule has 1 N–H and O–H groups in total. The lowest BCUT2D eigenvalue weighted by Crippen LogP contribution is -2.47. The van der Waals surface area contributed by atoms with Crippen molar-refractivity contribution in [3.8, 4) is 11.8 Å². The van der Waals surface area contributed by atoms with E-state index in [0.29, 0.717) is 23.5 Å². The molecule has 0 saturated heterocycles. The predicted molar refractivity (Wildman–Crippen MR) is 112 cm³/mol. The lowest BCUT2D eigenvalue weighted by Gasteiger charge is -2.56. The van der Waals surface area contributed by atoms with Gasteiger partial charge in [0.15, 0.2) is 11.6 Å². The molecule has 6 rings (SSSR count). The summed E-state index contributed by atoms with van der Waals surface area (Å²) in [5, 5.41) is 3.06. The van der Waals surface area contributed by atoms with Crippen molar-refractivity contribution >= 4 is 11.6 Å². The molecule has 1 heterocycles. The maximum atomic E-state index is 13.8. The van der Waals surface area contributed by atoms with Crippen molar-refractivity contribution in [2.24, 2.45) is 23.2 Å². The number of para-hydroxylation sites is 1. The minimum Gasteiger partial charge on any atom is -0.421 e. The van der Waals surface area contributed by atoms with Gasteiger partial charge in [-0.1, -0.05) is 12.1 Å². The van der Waals surface area contributed by atoms with Crippen LogP contribution < -0.4 is 10.1 Å². The second kappa shape index (κ2) is 7.33. The van der Waals surface area contributed by atoms with Crippen LogP contribution in [-0.4, -0.2) is 15.9 Å². The van der Waals surface area contributed by atoms with Gasteiger partial charge in [-0.05, 0) is 87.7 Å². The first-order chi connectivity index (χ1) is 14.4. The summed E-state index contributed by atoms with van der Waals surface area (Å²) < 4.78 is 19.4. The van der Waals surface area contributed by atoms with Gasteiger partial charge in [0.25, 0.3) is 0 Å². The summed E-state index contributed by atoms with van der Waals surface area (Å²) in [6.07, 6.45) is 8.31. The van der Waals surface area contributed by atoms with E-state index < -0.39 is 5.82 Å². The Kier molecular flexibility index (Phi) is 4.75. The predicted octanol–water partition coefficient (Wildman–Crippen LogP) is 5.57. The molecule has 4 aliphatic rings. The fourth-order valence-corrected chi connectivity index (χ4v) is 6.57. The summed E-state index contributed by atoms with van der Waals surface area (Å²) in [7, 11) is 0. The molecule has 0 unspecified atom stereocenters. The number of aromatic nitrogens is 2. The molecule has 4 aliphatic carbocycles. The highest BCUT2D eigenvalue weighted by Gasteiger charge is 2.51. The Bertz CT molecular complexity index is 932. The number of anilines is 1. The van der Waals surface area contributed by atoms with Gasteiger partial charge in [-0.3, -0.25) is 4.79 Å². The van der Waals surface area contributed by atoms with Crippen LogP contribution in [0.15, 0.2) is 24.3 Å². The Morgan fingerprint density at radius 2 is 1.63 bits per heavy atom. The number of nitrogens with one attached hydrogen (secondary N) is 1. The normalized spacial score (nSPS) is 29.1. The SMILES string of the molecule is Cc1nc(Oc2ccccc2F)nc(C)c1NC(=O)CC12CC3CC(CC(C3)C1)C2. The zero-order valence-electron chi connectivity index (χ0n) is 17.6. The van der Waals surface area contributed by atoms with E-state index in [-0.39, 0.29) is 23.1 Å². The molecule has 4 saturated carbocycles. The van der Waals surface area contributed by atoms with Crippen LogP contribution in [0.1, 0.15) is 56.3 Å². The van der Waals surface area contributed by atoms with Gasteiger partial charge >= 0.3 is 6.01 Å². The maximum absolute atomic E-state index is 13.8. The van der Waals surface area contributed by atoms with E-state index in [1.54, 1.807) is 12.1 Å².